The average molecular weight is 664 g/mol. The summed E-state index contributed by atoms with van der Waals surface area (Å²) in [7, 11) is 0. The van der Waals surface area contributed by atoms with Gasteiger partial charge in [-0.25, -0.2) is 4.98 Å². The first-order valence-corrected chi connectivity index (χ1v) is 17.6. The quantitative estimate of drug-likeness (QED) is 0.188. The summed E-state index contributed by atoms with van der Waals surface area (Å²) >= 11 is 0. The molecular formula is C47H29N5. The van der Waals surface area contributed by atoms with Crippen LogP contribution in [-0.2, 0) is 0 Å². The van der Waals surface area contributed by atoms with Crippen LogP contribution in [0, 0.1) is 0 Å². The number of nitrogens with zero attached hydrogens (tertiary/aromatic N) is 5. The first kappa shape index (κ1) is 28.7. The second kappa shape index (κ2) is 11.2. The van der Waals surface area contributed by atoms with Gasteiger partial charge in [-0.2, -0.15) is 9.97 Å². The lowest BCUT2D eigenvalue weighted by Crippen LogP contribution is -2.06. The summed E-state index contributed by atoms with van der Waals surface area (Å²) in [5.74, 6) is 1.83. The zero-order chi connectivity index (χ0) is 34.2. The summed E-state index contributed by atoms with van der Waals surface area (Å²) in [5, 5.41) is 9.46. The van der Waals surface area contributed by atoms with Crippen molar-refractivity contribution in [1.82, 2.24) is 24.1 Å². The third-order valence-electron chi connectivity index (χ3n) is 10.4. The predicted molar refractivity (Wildman–Crippen MR) is 214 cm³/mol. The van der Waals surface area contributed by atoms with Gasteiger partial charge in [-0.15, -0.1) is 0 Å². The van der Waals surface area contributed by atoms with Crippen molar-refractivity contribution in [3.05, 3.63) is 176 Å². The number of para-hydroxylation sites is 2. The minimum absolute atomic E-state index is 0.582. The van der Waals surface area contributed by atoms with Gasteiger partial charge in [-0.3, -0.25) is 4.57 Å². The molecule has 242 valence electrons. The summed E-state index contributed by atoms with van der Waals surface area (Å²) in [5.41, 5.74) is 7.35. The molecular weight excluding hydrogens is 635 g/mol. The number of benzene rings is 8. The Balaban J connectivity index is 1.27. The summed E-state index contributed by atoms with van der Waals surface area (Å²) in [6.45, 7) is 0. The van der Waals surface area contributed by atoms with Gasteiger partial charge in [-0.1, -0.05) is 140 Å². The van der Waals surface area contributed by atoms with Gasteiger partial charge in [0.25, 0.3) is 0 Å². The molecule has 0 atom stereocenters. The van der Waals surface area contributed by atoms with Crippen LogP contribution in [0.3, 0.4) is 0 Å². The molecule has 0 amide bonds. The fourth-order valence-corrected chi connectivity index (χ4v) is 8.13. The third-order valence-corrected chi connectivity index (χ3v) is 10.4. The van der Waals surface area contributed by atoms with E-state index < -0.39 is 0 Å². The Morgan fingerprint density at radius 3 is 1.56 bits per heavy atom. The molecule has 52 heavy (non-hydrogen) atoms. The van der Waals surface area contributed by atoms with E-state index in [1.807, 2.05) is 18.2 Å². The van der Waals surface area contributed by atoms with Crippen LogP contribution >= 0.6 is 0 Å². The molecule has 5 nitrogen and oxygen atoms in total. The van der Waals surface area contributed by atoms with E-state index in [1.165, 1.54) is 32.3 Å². The number of hydrogen-bond acceptors (Lipinski definition) is 3. The van der Waals surface area contributed by atoms with Crippen molar-refractivity contribution < 1.29 is 0 Å². The Bertz CT molecular complexity index is 3080. The van der Waals surface area contributed by atoms with Crippen LogP contribution in [0.25, 0.3) is 99.6 Å². The summed E-state index contributed by atoms with van der Waals surface area (Å²) in [4.78, 5) is 15.9. The lowest BCUT2D eigenvalue weighted by atomic mass is 10.00. The van der Waals surface area contributed by atoms with Crippen LogP contribution in [0.5, 0.6) is 0 Å². The number of fused-ring (bicyclic) bond motifs is 10. The van der Waals surface area contributed by atoms with Gasteiger partial charge in [0.05, 0.1) is 22.1 Å². The maximum Gasteiger partial charge on any atom is 0.238 e. The fraction of sp³-hybridized carbons (Fsp3) is 0. The first-order chi connectivity index (χ1) is 25.8. The lowest BCUT2D eigenvalue weighted by Gasteiger charge is -2.12. The van der Waals surface area contributed by atoms with Crippen LogP contribution in [0.15, 0.2) is 176 Å². The molecule has 3 aromatic heterocycles. The molecule has 0 saturated carbocycles. The molecule has 8 aromatic carbocycles. The molecule has 0 unspecified atom stereocenters. The maximum absolute atomic E-state index is 5.40. The highest BCUT2D eigenvalue weighted by atomic mass is 15.2. The third kappa shape index (κ3) is 4.20. The standard InChI is InChI=1S/C47H29N5/c1-3-16-32(17-4-1)45-48-46(37-23-13-25-39-42(37)36-22-11-12-24-38(36)51(39)33-18-5-2-6-19-33)50-47(49-45)52-40-28-26-30-14-7-9-20-34(30)43(40)44-35-21-10-8-15-31(35)27-29-41(44)52/h1-29H. The molecule has 0 bridgehead atoms. The Hall–Kier alpha value is -7.11. The molecule has 3 heterocycles. The number of hydrogen-bond donors (Lipinski definition) is 0. The second-order valence-corrected chi connectivity index (χ2v) is 13.2. The highest BCUT2D eigenvalue weighted by Gasteiger charge is 2.23. The average Bonchev–Trinajstić information content (AvgIpc) is 3.75. The van der Waals surface area contributed by atoms with Gasteiger partial charge >= 0.3 is 0 Å². The highest BCUT2D eigenvalue weighted by Crippen LogP contribution is 2.42. The van der Waals surface area contributed by atoms with Crippen LogP contribution in [-0.4, -0.2) is 24.1 Å². The Kier molecular flexibility index (Phi) is 6.18. The Morgan fingerprint density at radius 2 is 0.865 bits per heavy atom. The van der Waals surface area contributed by atoms with E-state index in [1.54, 1.807) is 0 Å². The Labute approximate surface area is 298 Å². The summed E-state index contributed by atoms with van der Waals surface area (Å²) in [6, 6.07) is 61.9. The van der Waals surface area contributed by atoms with Crippen LogP contribution < -0.4 is 0 Å². The van der Waals surface area contributed by atoms with Crippen molar-refractivity contribution in [3.63, 3.8) is 0 Å². The van der Waals surface area contributed by atoms with Crippen LogP contribution in [0.2, 0.25) is 0 Å². The van der Waals surface area contributed by atoms with Crippen molar-refractivity contribution in [3.8, 4) is 34.4 Å². The van der Waals surface area contributed by atoms with E-state index in [-0.39, 0.29) is 0 Å². The Morgan fingerprint density at radius 1 is 0.327 bits per heavy atom. The molecule has 11 rings (SSSR count). The highest BCUT2D eigenvalue weighted by molar-refractivity contribution is 6.28. The molecule has 0 aliphatic rings. The van der Waals surface area contributed by atoms with Crippen LogP contribution in [0.1, 0.15) is 0 Å². The van der Waals surface area contributed by atoms with Gasteiger partial charge in [0.1, 0.15) is 0 Å². The van der Waals surface area contributed by atoms with Crippen LogP contribution in [0.4, 0.5) is 0 Å². The van der Waals surface area contributed by atoms with E-state index in [9.17, 15) is 0 Å². The van der Waals surface area contributed by atoms with Crippen molar-refractivity contribution in [2.45, 2.75) is 0 Å². The van der Waals surface area contributed by atoms with Gasteiger partial charge in [0, 0.05) is 38.4 Å². The minimum Gasteiger partial charge on any atom is -0.309 e. The van der Waals surface area contributed by atoms with E-state index >= 15 is 0 Å². The smallest absolute Gasteiger partial charge is 0.238 e. The normalized spacial score (nSPS) is 11.8. The van der Waals surface area contributed by atoms with Crippen molar-refractivity contribution in [2.75, 3.05) is 0 Å². The molecule has 0 fully saturated rings. The fourth-order valence-electron chi connectivity index (χ4n) is 8.13. The van der Waals surface area contributed by atoms with E-state index in [0.717, 1.165) is 49.7 Å². The molecule has 11 aromatic rings. The van der Waals surface area contributed by atoms with Crippen molar-refractivity contribution in [1.29, 1.82) is 0 Å². The maximum atomic E-state index is 5.40. The van der Waals surface area contributed by atoms with Gasteiger partial charge in [0.2, 0.25) is 5.95 Å². The van der Waals surface area contributed by atoms with Gasteiger partial charge < -0.3 is 4.57 Å². The molecule has 0 radical (unpaired) electrons. The topological polar surface area (TPSA) is 48.5 Å². The zero-order valence-electron chi connectivity index (χ0n) is 28.0. The molecule has 0 aliphatic heterocycles. The first-order valence-electron chi connectivity index (χ1n) is 17.6. The predicted octanol–water partition coefficient (Wildman–Crippen LogP) is 11.7. The molecule has 0 spiro atoms. The van der Waals surface area contributed by atoms with Gasteiger partial charge in [0.15, 0.2) is 11.6 Å². The zero-order valence-corrected chi connectivity index (χ0v) is 28.0. The summed E-state index contributed by atoms with van der Waals surface area (Å²) in [6.07, 6.45) is 0. The second-order valence-electron chi connectivity index (χ2n) is 13.2. The molecule has 0 saturated heterocycles. The van der Waals surface area contributed by atoms with Gasteiger partial charge in [-0.05, 0) is 57.9 Å². The van der Waals surface area contributed by atoms with Crippen molar-refractivity contribution in [2.24, 2.45) is 0 Å². The monoisotopic (exact) mass is 663 g/mol. The number of rotatable bonds is 4. The SMILES string of the molecule is c1ccc(-c2nc(-c3cccc4c3c3ccccc3n4-c3ccccc3)nc(-n3c4ccc5ccccc5c4c4c5ccccc5ccc43)n2)cc1. The molecule has 5 heteroatoms. The van der Waals surface area contributed by atoms with E-state index in [4.69, 9.17) is 15.0 Å². The largest absolute Gasteiger partial charge is 0.309 e. The number of aromatic nitrogens is 5. The summed E-state index contributed by atoms with van der Waals surface area (Å²) < 4.78 is 4.56. The van der Waals surface area contributed by atoms with E-state index in [0.29, 0.717) is 17.6 Å². The lowest BCUT2D eigenvalue weighted by molar-refractivity contribution is 0.955. The molecule has 0 N–H and O–H groups in total. The van der Waals surface area contributed by atoms with Crippen molar-refractivity contribution >= 4 is 65.2 Å². The van der Waals surface area contributed by atoms with E-state index in [2.05, 4.69) is 167 Å². The molecule has 0 aliphatic carbocycles. The minimum atomic E-state index is 0.582.